The molecule has 0 fully saturated rings. The molecule has 0 radical (unpaired) electrons. The number of benzene rings is 2. The molecule has 0 aliphatic heterocycles. The second kappa shape index (κ2) is 9.18. The van der Waals surface area contributed by atoms with Gasteiger partial charge in [-0.05, 0) is 49.2 Å². The van der Waals surface area contributed by atoms with Crippen molar-refractivity contribution in [3.05, 3.63) is 59.7 Å². The second-order valence-corrected chi connectivity index (χ2v) is 7.80. The van der Waals surface area contributed by atoms with Crippen LogP contribution in [0.25, 0.3) is 11.1 Å². The van der Waals surface area contributed by atoms with Gasteiger partial charge in [0, 0.05) is 12.5 Å². The fourth-order valence-electron chi connectivity index (χ4n) is 4.15. The largest absolute Gasteiger partial charge is 0.479 e. The van der Waals surface area contributed by atoms with Gasteiger partial charge >= 0.3 is 11.9 Å². The molecule has 8 nitrogen and oxygen atoms in total. The lowest BCUT2D eigenvalue weighted by atomic mass is 9.91. The van der Waals surface area contributed by atoms with Crippen molar-refractivity contribution in [1.82, 2.24) is 4.90 Å². The molecule has 0 saturated heterocycles. The Kier molecular flexibility index (Phi) is 6.60. The Balaban J connectivity index is 1.81. The van der Waals surface area contributed by atoms with Crippen molar-refractivity contribution in [2.24, 2.45) is 16.5 Å². The van der Waals surface area contributed by atoms with E-state index in [-0.39, 0.29) is 31.4 Å². The molecular weight excluding hydrogens is 396 g/mol. The number of esters is 1. The summed E-state index contributed by atoms with van der Waals surface area (Å²) in [6.07, 6.45) is 0.329. The summed E-state index contributed by atoms with van der Waals surface area (Å²) in [6.45, 7) is 0.283. The normalized spacial score (nSPS) is 14.4. The second-order valence-electron chi connectivity index (χ2n) is 7.80. The molecule has 0 spiro atoms. The maximum atomic E-state index is 13.1. The molecule has 1 aliphatic rings. The van der Waals surface area contributed by atoms with Crippen LogP contribution in [-0.2, 0) is 14.3 Å². The number of carboxylic acid groups (broad SMARTS) is 1. The molecule has 0 aromatic heterocycles. The van der Waals surface area contributed by atoms with Gasteiger partial charge in [-0.1, -0.05) is 48.5 Å². The third-order valence-corrected chi connectivity index (χ3v) is 5.79. The number of carbonyl (C=O) groups is 2. The van der Waals surface area contributed by atoms with Crippen molar-refractivity contribution in [3.63, 3.8) is 0 Å². The van der Waals surface area contributed by atoms with Crippen molar-refractivity contribution in [1.29, 1.82) is 0 Å². The van der Waals surface area contributed by atoms with Crippen molar-refractivity contribution < 1.29 is 19.4 Å². The van der Waals surface area contributed by atoms with Crippen molar-refractivity contribution >= 4 is 17.9 Å². The first-order chi connectivity index (χ1) is 14.8. The number of ether oxygens (including phenoxy) is 1. The minimum Gasteiger partial charge on any atom is -0.479 e. The summed E-state index contributed by atoms with van der Waals surface area (Å²) >= 11 is 0. The van der Waals surface area contributed by atoms with Crippen LogP contribution in [0.3, 0.4) is 0 Å². The number of likely N-dealkylation sites (N-methyl/N-ethyl adjacent to an activating group) is 1. The van der Waals surface area contributed by atoms with E-state index < -0.39 is 17.5 Å². The Bertz CT molecular complexity index is 955. The first-order valence-corrected chi connectivity index (χ1v) is 10.1. The quantitative estimate of drug-likeness (QED) is 0.184. The van der Waals surface area contributed by atoms with Gasteiger partial charge < -0.3 is 21.3 Å². The minimum absolute atomic E-state index is 0.0167. The zero-order chi connectivity index (χ0) is 22.6. The highest BCUT2D eigenvalue weighted by Gasteiger charge is 2.50. The van der Waals surface area contributed by atoms with Gasteiger partial charge in [-0.25, -0.2) is 9.59 Å². The molecule has 3 rings (SSSR count). The topological polar surface area (TPSA) is 131 Å². The van der Waals surface area contributed by atoms with E-state index in [4.69, 9.17) is 16.2 Å². The average molecular weight is 425 g/mol. The maximum absolute atomic E-state index is 13.1. The third-order valence-electron chi connectivity index (χ3n) is 5.79. The molecule has 0 amide bonds. The fraction of sp³-hybridized carbons (Fsp3) is 0.348. The lowest BCUT2D eigenvalue weighted by Gasteiger charge is -2.33. The van der Waals surface area contributed by atoms with Gasteiger partial charge in [0.2, 0.25) is 5.54 Å². The Hall–Kier alpha value is -3.39. The van der Waals surface area contributed by atoms with Crippen molar-refractivity contribution in [2.45, 2.75) is 24.3 Å². The standard InChI is InChI=1S/C23H28N4O4/c1-27(2)23(20(28)29,12-7-13-26-22(24)25)21(30)31-14-19-17-10-5-3-8-15(17)16-9-4-6-11-18(16)19/h3-6,8-11,19H,7,12-14H2,1-2H3,(H,28,29)(H4,24,25,26)/t23-/m0/s1. The molecule has 1 atom stereocenters. The molecule has 164 valence electrons. The highest BCUT2D eigenvalue weighted by Crippen LogP contribution is 2.44. The first kappa shape index (κ1) is 22.3. The van der Waals surface area contributed by atoms with Crippen molar-refractivity contribution in [3.8, 4) is 11.1 Å². The molecule has 1 aliphatic carbocycles. The van der Waals surface area contributed by atoms with Crippen LogP contribution in [0, 0.1) is 0 Å². The van der Waals surface area contributed by atoms with Crippen LogP contribution in [-0.4, -0.2) is 60.7 Å². The summed E-state index contributed by atoms with van der Waals surface area (Å²) in [5.41, 5.74) is 13.2. The van der Waals surface area contributed by atoms with Gasteiger partial charge in [0.1, 0.15) is 6.61 Å². The van der Waals surface area contributed by atoms with E-state index >= 15 is 0 Å². The molecule has 0 heterocycles. The number of aliphatic imine (C=N–C) groups is 1. The molecule has 2 aromatic rings. The summed E-state index contributed by atoms with van der Waals surface area (Å²) in [5.74, 6) is -2.28. The number of guanidine groups is 1. The van der Waals surface area contributed by atoms with E-state index in [2.05, 4.69) is 4.99 Å². The number of fused-ring (bicyclic) bond motifs is 3. The van der Waals surface area contributed by atoms with E-state index in [1.54, 1.807) is 14.1 Å². The van der Waals surface area contributed by atoms with Crippen LogP contribution in [0.5, 0.6) is 0 Å². The first-order valence-electron chi connectivity index (χ1n) is 10.1. The molecule has 0 unspecified atom stereocenters. The molecule has 0 bridgehead atoms. The molecule has 0 saturated carbocycles. The van der Waals surface area contributed by atoms with Gasteiger partial charge in [0.05, 0.1) is 0 Å². The Morgan fingerprint density at radius 3 is 2.10 bits per heavy atom. The maximum Gasteiger partial charge on any atom is 0.338 e. The lowest BCUT2D eigenvalue weighted by molar-refractivity contribution is -0.170. The highest BCUT2D eigenvalue weighted by atomic mass is 16.5. The van der Waals surface area contributed by atoms with E-state index in [9.17, 15) is 14.7 Å². The number of hydrogen-bond donors (Lipinski definition) is 3. The zero-order valence-electron chi connectivity index (χ0n) is 17.7. The predicted octanol–water partition coefficient (Wildman–Crippen LogP) is 1.78. The Morgan fingerprint density at radius 1 is 1.06 bits per heavy atom. The van der Waals surface area contributed by atoms with Crippen LogP contribution in [0.2, 0.25) is 0 Å². The smallest absolute Gasteiger partial charge is 0.338 e. The lowest BCUT2D eigenvalue weighted by Crippen LogP contribution is -2.58. The number of carboxylic acids is 1. The number of nitrogens with zero attached hydrogens (tertiary/aromatic N) is 2. The van der Waals surface area contributed by atoms with Gasteiger partial charge in [0.25, 0.3) is 0 Å². The highest BCUT2D eigenvalue weighted by molar-refractivity contribution is 6.04. The van der Waals surface area contributed by atoms with Crippen LogP contribution in [0.4, 0.5) is 0 Å². The van der Waals surface area contributed by atoms with E-state index in [1.165, 1.54) is 4.90 Å². The number of nitrogens with two attached hydrogens (primary N) is 2. The van der Waals surface area contributed by atoms with E-state index in [0.717, 1.165) is 22.3 Å². The van der Waals surface area contributed by atoms with Crippen LogP contribution >= 0.6 is 0 Å². The number of carbonyl (C=O) groups excluding carboxylic acids is 1. The average Bonchev–Trinajstić information content (AvgIpc) is 3.05. The van der Waals surface area contributed by atoms with Gasteiger partial charge in [0.15, 0.2) is 5.96 Å². The fourth-order valence-corrected chi connectivity index (χ4v) is 4.15. The van der Waals surface area contributed by atoms with E-state index in [1.807, 2.05) is 48.5 Å². The van der Waals surface area contributed by atoms with Gasteiger partial charge in [-0.15, -0.1) is 0 Å². The molecule has 2 aromatic carbocycles. The van der Waals surface area contributed by atoms with Gasteiger partial charge in [-0.2, -0.15) is 0 Å². The SMILES string of the molecule is CN(C)[C@@](CCCN=C(N)N)(C(=O)O)C(=O)OCC1c2ccccc2-c2ccccc21. The minimum atomic E-state index is -1.82. The molecular formula is C23H28N4O4. The van der Waals surface area contributed by atoms with Gasteiger partial charge in [-0.3, -0.25) is 9.89 Å². The monoisotopic (exact) mass is 424 g/mol. The summed E-state index contributed by atoms with van der Waals surface area (Å²) in [4.78, 5) is 30.6. The van der Waals surface area contributed by atoms with Crippen LogP contribution in [0.1, 0.15) is 29.9 Å². The summed E-state index contributed by atoms with van der Waals surface area (Å²) in [7, 11) is 3.10. The van der Waals surface area contributed by atoms with Crippen LogP contribution < -0.4 is 11.5 Å². The summed E-state index contributed by atoms with van der Waals surface area (Å²) in [6, 6.07) is 16.0. The number of hydrogen-bond acceptors (Lipinski definition) is 5. The molecule has 8 heteroatoms. The predicted molar refractivity (Wildman–Crippen MR) is 119 cm³/mol. The number of aliphatic carboxylic acids is 1. The third kappa shape index (κ3) is 4.25. The zero-order valence-corrected chi connectivity index (χ0v) is 17.7. The Morgan fingerprint density at radius 2 is 1.61 bits per heavy atom. The van der Waals surface area contributed by atoms with Crippen LogP contribution in [0.15, 0.2) is 53.5 Å². The van der Waals surface area contributed by atoms with Crippen molar-refractivity contribution in [2.75, 3.05) is 27.2 Å². The summed E-state index contributed by atoms with van der Waals surface area (Å²) < 4.78 is 5.66. The Labute approximate surface area is 181 Å². The number of rotatable bonds is 9. The van der Waals surface area contributed by atoms with E-state index in [0.29, 0.717) is 6.42 Å². The molecule has 31 heavy (non-hydrogen) atoms. The summed E-state index contributed by atoms with van der Waals surface area (Å²) in [5, 5.41) is 9.95. The molecule has 5 N–H and O–H groups in total.